The number of amidine groups is 1. The number of benzene rings is 2. The van der Waals surface area contributed by atoms with Gasteiger partial charge < -0.3 is 10.6 Å². The van der Waals surface area contributed by atoms with E-state index in [1.54, 1.807) is 0 Å². The first-order valence-electron chi connectivity index (χ1n) is 7.59. The molecular weight excluding hydrogens is 258 g/mol. The van der Waals surface area contributed by atoms with E-state index >= 15 is 0 Å². The predicted octanol–water partition coefficient (Wildman–Crippen LogP) is 3.75. The summed E-state index contributed by atoms with van der Waals surface area (Å²) in [7, 11) is 0. The minimum Gasteiger partial charge on any atom is -0.384 e. The van der Waals surface area contributed by atoms with Gasteiger partial charge in [0.15, 0.2) is 0 Å². The van der Waals surface area contributed by atoms with E-state index in [2.05, 4.69) is 43.0 Å². The second-order valence-electron chi connectivity index (χ2n) is 6.78. The van der Waals surface area contributed by atoms with E-state index in [4.69, 9.17) is 11.1 Å². The van der Waals surface area contributed by atoms with E-state index in [0.717, 1.165) is 24.0 Å². The molecule has 3 heteroatoms. The number of rotatable bonds is 2. The Hall–Kier alpha value is -2.03. The molecule has 1 heterocycles. The van der Waals surface area contributed by atoms with Crippen LogP contribution in [0.3, 0.4) is 0 Å². The summed E-state index contributed by atoms with van der Waals surface area (Å²) in [5.74, 6) is 0.136. The maximum atomic E-state index is 7.76. The number of piperidine rings is 1. The van der Waals surface area contributed by atoms with Crippen molar-refractivity contribution < 1.29 is 0 Å². The zero-order valence-electron chi connectivity index (χ0n) is 12.8. The second kappa shape index (κ2) is 5.06. The molecule has 1 saturated heterocycles. The number of nitrogens with two attached hydrogens (primary N) is 1. The van der Waals surface area contributed by atoms with Gasteiger partial charge in [-0.2, -0.15) is 0 Å². The topological polar surface area (TPSA) is 53.1 Å². The van der Waals surface area contributed by atoms with E-state index in [1.807, 2.05) is 12.1 Å². The van der Waals surface area contributed by atoms with Gasteiger partial charge in [0.1, 0.15) is 5.84 Å². The van der Waals surface area contributed by atoms with E-state index in [1.165, 1.54) is 23.9 Å². The first-order valence-corrected chi connectivity index (χ1v) is 7.59. The fraction of sp³-hybridized carbons (Fsp3) is 0.389. The van der Waals surface area contributed by atoms with Gasteiger partial charge in [0, 0.05) is 29.7 Å². The zero-order chi connectivity index (χ0) is 15.0. The Bertz CT molecular complexity index is 688. The highest BCUT2D eigenvalue weighted by atomic mass is 15.1. The number of hydrogen-bond donors (Lipinski definition) is 2. The lowest BCUT2D eigenvalue weighted by Gasteiger charge is -2.40. The van der Waals surface area contributed by atoms with Gasteiger partial charge >= 0.3 is 0 Å². The van der Waals surface area contributed by atoms with E-state index in [-0.39, 0.29) is 5.84 Å². The van der Waals surface area contributed by atoms with Crippen LogP contribution < -0.4 is 10.6 Å². The fourth-order valence-corrected chi connectivity index (χ4v) is 3.42. The molecule has 110 valence electrons. The number of nitrogens with one attached hydrogen (secondary N) is 1. The predicted molar refractivity (Wildman–Crippen MR) is 90.2 cm³/mol. The molecule has 3 N–H and O–H groups in total. The number of anilines is 1. The van der Waals surface area contributed by atoms with Crippen LogP contribution >= 0.6 is 0 Å². The Morgan fingerprint density at radius 1 is 1.14 bits per heavy atom. The molecule has 0 unspecified atom stereocenters. The van der Waals surface area contributed by atoms with Crippen LogP contribution in [0.4, 0.5) is 5.69 Å². The van der Waals surface area contributed by atoms with Crippen LogP contribution in [-0.2, 0) is 0 Å². The smallest absolute Gasteiger partial charge is 0.123 e. The third-order valence-corrected chi connectivity index (χ3v) is 4.43. The summed E-state index contributed by atoms with van der Waals surface area (Å²) in [5, 5.41) is 10.0. The van der Waals surface area contributed by atoms with Crippen molar-refractivity contribution in [3.63, 3.8) is 0 Å². The van der Waals surface area contributed by atoms with Crippen LogP contribution in [0.5, 0.6) is 0 Å². The van der Waals surface area contributed by atoms with Crippen LogP contribution in [0.2, 0.25) is 0 Å². The average molecular weight is 281 g/mol. The van der Waals surface area contributed by atoms with Gasteiger partial charge in [-0.3, -0.25) is 5.41 Å². The molecule has 1 fully saturated rings. The van der Waals surface area contributed by atoms with Crippen molar-refractivity contribution in [3.05, 3.63) is 42.0 Å². The molecule has 0 saturated carbocycles. The molecule has 1 aliphatic heterocycles. The summed E-state index contributed by atoms with van der Waals surface area (Å²) in [6.45, 7) is 6.86. The quantitative estimate of drug-likeness (QED) is 0.650. The summed E-state index contributed by atoms with van der Waals surface area (Å²) in [4.78, 5) is 2.48. The van der Waals surface area contributed by atoms with Crippen LogP contribution in [0.15, 0.2) is 36.4 Å². The Morgan fingerprint density at radius 2 is 1.86 bits per heavy atom. The highest BCUT2D eigenvalue weighted by molar-refractivity contribution is 6.10. The van der Waals surface area contributed by atoms with Crippen molar-refractivity contribution in [1.29, 1.82) is 5.41 Å². The Morgan fingerprint density at radius 3 is 2.52 bits per heavy atom. The lowest BCUT2D eigenvalue weighted by Crippen LogP contribution is -2.40. The number of nitrogens with zero attached hydrogens (tertiary/aromatic N) is 1. The molecule has 21 heavy (non-hydrogen) atoms. The van der Waals surface area contributed by atoms with Crippen molar-refractivity contribution in [2.75, 3.05) is 18.0 Å². The Kier molecular flexibility index (Phi) is 3.36. The molecule has 0 spiro atoms. The summed E-state index contributed by atoms with van der Waals surface area (Å²) in [5.41, 5.74) is 8.17. The minimum atomic E-state index is 0.136. The van der Waals surface area contributed by atoms with E-state index in [0.29, 0.717) is 5.41 Å². The van der Waals surface area contributed by atoms with Crippen molar-refractivity contribution in [2.24, 2.45) is 11.1 Å². The van der Waals surface area contributed by atoms with Gasteiger partial charge in [0.25, 0.3) is 0 Å². The number of nitrogen functional groups attached to an aromatic ring is 1. The normalized spacial score (nSPS) is 17.9. The van der Waals surface area contributed by atoms with Crippen molar-refractivity contribution in [1.82, 2.24) is 0 Å². The van der Waals surface area contributed by atoms with Gasteiger partial charge in [-0.05, 0) is 35.8 Å². The fourth-order valence-electron chi connectivity index (χ4n) is 3.42. The second-order valence-corrected chi connectivity index (χ2v) is 6.78. The first kappa shape index (κ1) is 13.9. The Labute approximate surface area is 126 Å². The molecule has 2 aromatic rings. The molecule has 3 nitrogen and oxygen atoms in total. The first-order chi connectivity index (χ1) is 9.98. The van der Waals surface area contributed by atoms with Gasteiger partial charge in [-0.25, -0.2) is 0 Å². The molecule has 0 atom stereocenters. The Balaban J connectivity index is 2.12. The SMILES string of the molecule is CC1(C)CCCN(c2ccc(C(=N)N)c3ccccc23)C1. The molecule has 0 radical (unpaired) electrons. The molecule has 0 aliphatic carbocycles. The van der Waals surface area contributed by atoms with Crippen LogP contribution in [0.25, 0.3) is 10.8 Å². The van der Waals surface area contributed by atoms with E-state index < -0.39 is 0 Å². The highest BCUT2D eigenvalue weighted by Gasteiger charge is 2.27. The standard InChI is InChI=1S/C18H23N3/c1-18(2)10-5-11-21(12-18)16-9-8-15(17(19)20)13-6-3-4-7-14(13)16/h3-4,6-9H,5,10-12H2,1-2H3,(H3,19,20). The third kappa shape index (κ3) is 2.60. The minimum absolute atomic E-state index is 0.136. The zero-order valence-corrected chi connectivity index (χ0v) is 12.8. The molecule has 0 amide bonds. The van der Waals surface area contributed by atoms with Gasteiger partial charge in [0.2, 0.25) is 0 Å². The molecule has 2 aromatic carbocycles. The van der Waals surface area contributed by atoms with Crippen LogP contribution in [0, 0.1) is 10.8 Å². The number of fused-ring (bicyclic) bond motifs is 1. The number of hydrogen-bond acceptors (Lipinski definition) is 2. The van der Waals surface area contributed by atoms with Crippen molar-refractivity contribution in [3.8, 4) is 0 Å². The van der Waals surface area contributed by atoms with Crippen molar-refractivity contribution in [2.45, 2.75) is 26.7 Å². The highest BCUT2D eigenvalue weighted by Crippen LogP contribution is 2.35. The van der Waals surface area contributed by atoms with E-state index in [9.17, 15) is 0 Å². The maximum Gasteiger partial charge on any atom is 0.123 e. The third-order valence-electron chi connectivity index (χ3n) is 4.43. The molecular formula is C18H23N3. The molecule has 0 bridgehead atoms. The summed E-state index contributed by atoms with van der Waals surface area (Å²) >= 11 is 0. The monoisotopic (exact) mass is 281 g/mol. The molecule has 0 aromatic heterocycles. The van der Waals surface area contributed by atoms with Crippen LogP contribution in [-0.4, -0.2) is 18.9 Å². The average Bonchev–Trinajstić information content (AvgIpc) is 2.44. The lowest BCUT2D eigenvalue weighted by atomic mass is 9.83. The van der Waals surface area contributed by atoms with Gasteiger partial charge in [0.05, 0.1) is 0 Å². The lowest BCUT2D eigenvalue weighted by molar-refractivity contribution is 0.293. The molecule has 1 aliphatic rings. The maximum absolute atomic E-state index is 7.76. The largest absolute Gasteiger partial charge is 0.384 e. The van der Waals surface area contributed by atoms with Gasteiger partial charge in [-0.1, -0.05) is 38.1 Å². The van der Waals surface area contributed by atoms with Crippen LogP contribution in [0.1, 0.15) is 32.3 Å². The summed E-state index contributed by atoms with van der Waals surface area (Å²) in [6, 6.07) is 12.4. The van der Waals surface area contributed by atoms with Gasteiger partial charge in [-0.15, -0.1) is 0 Å². The molecule has 3 rings (SSSR count). The summed E-state index contributed by atoms with van der Waals surface area (Å²) in [6.07, 6.45) is 2.52. The van der Waals surface area contributed by atoms with Crippen molar-refractivity contribution >= 4 is 22.3 Å². The summed E-state index contributed by atoms with van der Waals surface area (Å²) < 4.78 is 0.